The maximum atomic E-state index is 12.6. The SMILES string of the molecule is Cn1nccc1CCN1CCC(Cn2cnc(C(F)F)cc2=O)CC1. The van der Waals surface area contributed by atoms with Crippen LogP contribution in [-0.4, -0.2) is 43.9 Å². The largest absolute Gasteiger partial charge is 0.303 e. The third-order valence-corrected chi connectivity index (χ3v) is 4.89. The lowest BCUT2D eigenvalue weighted by Crippen LogP contribution is -2.37. The fraction of sp³-hybridized carbons (Fsp3) is 0.588. The second-order valence-electron chi connectivity index (χ2n) is 6.59. The first-order valence-corrected chi connectivity index (χ1v) is 8.56. The van der Waals surface area contributed by atoms with E-state index in [4.69, 9.17) is 0 Å². The average Bonchev–Trinajstić information content (AvgIpc) is 3.01. The van der Waals surface area contributed by atoms with Gasteiger partial charge in [0, 0.05) is 44.5 Å². The summed E-state index contributed by atoms with van der Waals surface area (Å²) in [6.45, 7) is 3.52. The molecule has 6 nitrogen and oxygen atoms in total. The molecule has 0 radical (unpaired) electrons. The van der Waals surface area contributed by atoms with Crippen molar-refractivity contribution in [2.24, 2.45) is 13.0 Å². The number of likely N-dealkylation sites (tertiary alicyclic amines) is 1. The summed E-state index contributed by atoms with van der Waals surface area (Å²) >= 11 is 0. The van der Waals surface area contributed by atoms with E-state index in [1.807, 2.05) is 24.0 Å². The van der Waals surface area contributed by atoms with E-state index in [1.54, 1.807) is 0 Å². The van der Waals surface area contributed by atoms with Gasteiger partial charge in [0.05, 0.1) is 6.33 Å². The van der Waals surface area contributed by atoms with Gasteiger partial charge < -0.3 is 4.90 Å². The van der Waals surface area contributed by atoms with Crippen LogP contribution in [0.15, 0.2) is 29.5 Å². The number of aryl methyl sites for hydroxylation is 1. The van der Waals surface area contributed by atoms with E-state index in [9.17, 15) is 13.6 Å². The Morgan fingerprint density at radius 3 is 2.68 bits per heavy atom. The van der Waals surface area contributed by atoms with Crippen molar-refractivity contribution < 1.29 is 8.78 Å². The first-order chi connectivity index (χ1) is 12.0. The molecule has 25 heavy (non-hydrogen) atoms. The van der Waals surface area contributed by atoms with Gasteiger partial charge >= 0.3 is 0 Å². The first-order valence-electron chi connectivity index (χ1n) is 8.56. The first kappa shape index (κ1) is 17.7. The number of piperidine rings is 1. The quantitative estimate of drug-likeness (QED) is 0.797. The molecule has 0 aliphatic carbocycles. The van der Waals surface area contributed by atoms with Crippen LogP contribution in [0, 0.1) is 5.92 Å². The molecule has 0 bridgehead atoms. The van der Waals surface area contributed by atoms with E-state index in [0.29, 0.717) is 12.5 Å². The van der Waals surface area contributed by atoms with E-state index in [0.717, 1.165) is 45.0 Å². The van der Waals surface area contributed by atoms with Gasteiger partial charge in [-0.3, -0.25) is 14.0 Å². The summed E-state index contributed by atoms with van der Waals surface area (Å²) in [6.07, 6.45) is 3.32. The monoisotopic (exact) mass is 351 g/mol. The van der Waals surface area contributed by atoms with Gasteiger partial charge in [0.25, 0.3) is 12.0 Å². The fourth-order valence-corrected chi connectivity index (χ4v) is 3.29. The van der Waals surface area contributed by atoms with Crippen molar-refractivity contribution in [3.8, 4) is 0 Å². The molecule has 2 aromatic rings. The van der Waals surface area contributed by atoms with Crippen LogP contribution in [0.1, 0.15) is 30.7 Å². The van der Waals surface area contributed by atoms with E-state index >= 15 is 0 Å². The van der Waals surface area contributed by atoms with Gasteiger partial charge in [-0.05, 0) is 37.9 Å². The number of nitrogens with zero attached hydrogens (tertiary/aromatic N) is 5. The lowest BCUT2D eigenvalue weighted by atomic mass is 9.96. The normalized spacial score (nSPS) is 16.6. The molecular weight excluding hydrogens is 328 g/mol. The van der Waals surface area contributed by atoms with Crippen molar-refractivity contribution in [3.63, 3.8) is 0 Å². The van der Waals surface area contributed by atoms with Crippen LogP contribution in [0.3, 0.4) is 0 Å². The Morgan fingerprint density at radius 1 is 1.32 bits per heavy atom. The third-order valence-electron chi connectivity index (χ3n) is 4.89. The Kier molecular flexibility index (Phi) is 5.57. The Morgan fingerprint density at radius 2 is 2.08 bits per heavy atom. The standard InChI is InChI=1S/C17H23F2N5O/c1-22-14(2-6-21-22)5-9-23-7-3-13(4-8-23)11-24-12-20-15(17(18)19)10-16(24)25/h2,6,10,12-13,17H,3-5,7-9,11H2,1H3. The highest BCUT2D eigenvalue weighted by atomic mass is 19.3. The van der Waals surface area contributed by atoms with Crippen LogP contribution < -0.4 is 5.56 Å². The fourth-order valence-electron chi connectivity index (χ4n) is 3.29. The molecule has 0 aromatic carbocycles. The Hall–Kier alpha value is -2.09. The molecule has 1 aliphatic rings. The van der Waals surface area contributed by atoms with Gasteiger partial charge in [0.2, 0.25) is 0 Å². The van der Waals surface area contributed by atoms with Gasteiger partial charge in [-0.2, -0.15) is 5.10 Å². The molecule has 1 saturated heterocycles. The zero-order valence-electron chi connectivity index (χ0n) is 14.3. The molecule has 0 amide bonds. The molecule has 0 atom stereocenters. The molecule has 3 heterocycles. The molecule has 0 unspecified atom stereocenters. The molecule has 1 fully saturated rings. The lowest BCUT2D eigenvalue weighted by molar-refractivity contribution is 0.145. The summed E-state index contributed by atoms with van der Waals surface area (Å²) < 4.78 is 28.5. The molecule has 3 rings (SSSR count). The van der Waals surface area contributed by atoms with Crippen LogP contribution in [0.25, 0.3) is 0 Å². The Labute approximate surface area is 145 Å². The topological polar surface area (TPSA) is 56.0 Å². The minimum atomic E-state index is -2.70. The lowest BCUT2D eigenvalue weighted by Gasteiger charge is -2.32. The van der Waals surface area contributed by atoms with Crippen LogP contribution >= 0.6 is 0 Å². The van der Waals surface area contributed by atoms with Gasteiger partial charge in [0.1, 0.15) is 5.69 Å². The molecular formula is C17H23F2N5O. The number of hydrogen-bond acceptors (Lipinski definition) is 4. The Bertz CT molecular complexity index is 749. The van der Waals surface area contributed by atoms with E-state index in [1.165, 1.54) is 16.6 Å². The number of halogens is 2. The van der Waals surface area contributed by atoms with Gasteiger partial charge in [-0.1, -0.05) is 0 Å². The summed E-state index contributed by atoms with van der Waals surface area (Å²) in [5, 5.41) is 4.18. The smallest absolute Gasteiger partial charge is 0.280 e. The summed E-state index contributed by atoms with van der Waals surface area (Å²) in [7, 11) is 1.95. The zero-order chi connectivity index (χ0) is 17.8. The van der Waals surface area contributed by atoms with Crippen molar-refractivity contribution in [3.05, 3.63) is 46.4 Å². The highest BCUT2D eigenvalue weighted by Gasteiger charge is 2.20. The van der Waals surface area contributed by atoms with Crippen LogP contribution in [-0.2, 0) is 20.0 Å². The molecule has 1 aliphatic heterocycles. The minimum Gasteiger partial charge on any atom is -0.303 e. The van der Waals surface area contributed by atoms with Crippen molar-refractivity contribution in [2.75, 3.05) is 19.6 Å². The summed E-state index contributed by atoms with van der Waals surface area (Å²) in [6, 6.07) is 2.98. The summed E-state index contributed by atoms with van der Waals surface area (Å²) in [4.78, 5) is 18.0. The summed E-state index contributed by atoms with van der Waals surface area (Å²) in [5.74, 6) is 0.379. The van der Waals surface area contributed by atoms with E-state index < -0.39 is 17.7 Å². The second kappa shape index (κ2) is 7.86. The average molecular weight is 351 g/mol. The predicted octanol–water partition coefficient (Wildman–Crippen LogP) is 1.87. The number of aromatic nitrogens is 4. The molecule has 0 N–H and O–H groups in total. The highest BCUT2D eigenvalue weighted by Crippen LogP contribution is 2.19. The van der Waals surface area contributed by atoms with Crippen molar-refractivity contribution in [1.29, 1.82) is 0 Å². The third kappa shape index (κ3) is 4.50. The highest BCUT2D eigenvalue weighted by molar-refractivity contribution is 5.01. The molecule has 0 spiro atoms. The van der Waals surface area contributed by atoms with E-state index in [2.05, 4.69) is 15.0 Å². The molecule has 136 valence electrons. The van der Waals surface area contributed by atoms with Gasteiger partial charge in [0.15, 0.2) is 0 Å². The predicted molar refractivity (Wildman–Crippen MR) is 89.5 cm³/mol. The van der Waals surface area contributed by atoms with Crippen molar-refractivity contribution >= 4 is 0 Å². The number of hydrogen-bond donors (Lipinski definition) is 0. The number of alkyl halides is 2. The maximum absolute atomic E-state index is 12.6. The van der Waals surface area contributed by atoms with Crippen molar-refractivity contribution in [1.82, 2.24) is 24.2 Å². The van der Waals surface area contributed by atoms with E-state index in [-0.39, 0.29) is 0 Å². The van der Waals surface area contributed by atoms with Crippen LogP contribution in [0.2, 0.25) is 0 Å². The van der Waals surface area contributed by atoms with Gasteiger partial charge in [-0.15, -0.1) is 0 Å². The Balaban J connectivity index is 1.48. The minimum absolute atomic E-state index is 0.379. The summed E-state index contributed by atoms with van der Waals surface area (Å²) in [5.41, 5.74) is 0.369. The van der Waals surface area contributed by atoms with Crippen LogP contribution in [0.4, 0.5) is 8.78 Å². The van der Waals surface area contributed by atoms with Crippen LogP contribution in [0.5, 0.6) is 0 Å². The molecule has 0 saturated carbocycles. The second-order valence-corrected chi connectivity index (χ2v) is 6.59. The maximum Gasteiger partial charge on any atom is 0.280 e. The zero-order valence-corrected chi connectivity index (χ0v) is 14.3. The van der Waals surface area contributed by atoms with Crippen molar-refractivity contribution in [2.45, 2.75) is 32.2 Å². The number of rotatable bonds is 6. The molecule has 8 heteroatoms. The molecule has 2 aromatic heterocycles. The van der Waals surface area contributed by atoms with Gasteiger partial charge in [-0.25, -0.2) is 13.8 Å².